The molecule has 0 aliphatic carbocycles. The zero-order valence-corrected chi connectivity index (χ0v) is 14.0. The Kier molecular flexibility index (Phi) is 6.92. The van der Waals surface area contributed by atoms with Gasteiger partial charge in [0.2, 0.25) is 11.8 Å². The highest BCUT2D eigenvalue weighted by atomic mass is 32.1. The van der Waals surface area contributed by atoms with Gasteiger partial charge in [-0.2, -0.15) is 0 Å². The Labute approximate surface area is 144 Å². The second-order valence-corrected chi connectivity index (χ2v) is 6.25. The van der Waals surface area contributed by atoms with Crippen molar-refractivity contribution in [3.63, 3.8) is 0 Å². The molecule has 1 aromatic carbocycles. The third-order valence-corrected chi connectivity index (χ3v) is 4.43. The van der Waals surface area contributed by atoms with Gasteiger partial charge in [-0.25, -0.2) is 0 Å². The summed E-state index contributed by atoms with van der Waals surface area (Å²) in [6.07, 6.45) is -0.761. The first-order valence-corrected chi connectivity index (χ1v) is 8.48. The van der Waals surface area contributed by atoms with Gasteiger partial charge in [-0.15, -0.1) is 11.3 Å². The maximum atomic E-state index is 12.4. The summed E-state index contributed by atoms with van der Waals surface area (Å²) in [5.41, 5.74) is 6.18. The zero-order chi connectivity index (χ0) is 17.4. The average Bonchev–Trinajstić information content (AvgIpc) is 3.14. The van der Waals surface area contributed by atoms with Crippen LogP contribution in [0.25, 0.3) is 0 Å². The first-order chi connectivity index (χ1) is 11.6. The molecule has 2 aromatic rings. The molecule has 24 heavy (non-hydrogen) atoms. The van der Waals surface area contributed by atoms with Gasteiger partial charge in [0.1, 0.15) is 6.10 Å². The molecule has 1 atom stereocenters. The van der Waals surface area contributed by atoms with Gasteiger partial charge in [-0.3, -0.25) is 9.59 Å². The molecule has 1 aromatic heterocycles. The number of nitrogens with one attached hydrogen (secondary N) is 1. The van der Waals surface area contributed by atoms with Crippen molar-refractivity contribution in [2.75, 3.05) is 19.6 Å². The van der Waals surface area contributed by atoms with Crippen LogP contribution in [0, 0.1) is 0 Å². The number of carbonyl (C=O) groups is 2. The van der Waals surface area contributed by atoms with Crippen LogP contribution in [0.2, 0.25) is 0 Å². The van der Waals surface area contributed by atoms with E-state index in [-0.39, 0.29) is 31.4 Å². The minimum atomic E-state index is -0.761. The molecule has 128 valence electrons. The smallest absolute Gasteiger partial charge is 0.242 e. The molecule has 0 saturated heterocycles. The molecule has 0 bridgehead atoms. The summed E-state index contributed by atoms with van der Waals surface area (Å²) in [4.78, 5) is 26.0. The topological polar surface area (TPSA) is 95.7 Å². The van der Waals surface area contributed by atoms with Gasteiger partial charge in [-0.1, -0.05) is 36.4 Å². The van der Waals surface area contributed by atoms with Crippen molar-refractivity contribution < 1.29 is 14.7 Å². The SMILES string of the molecule is NCC(=O)NCC(=O)N(Cc1ccccc1)CC(O)c1cccs1. The Morgan fingerprint density at radius 2 is 1.96 bits per heavy atom. The Hall–Kier alpha value is -2.22. The van der Waals surface area contributed by atoms with Gasteiger partial charge in [0.25, 0.3) is 0 Å². The molecule has 1 unspecified atom stereocenters. The van der Waals surface area contributed by atoms with Crippen LogP contribution in [-0.2, 0) is 16.1 Å². The standard InChI is InChI=1S/C17H21N3O3S/c18-9-16(22)19-10-17(23)20(11-13-5-2-1-3-6-13)12-14(21)15-7-4-8-24-15/h1-8,14,21H,9-12,18H2,(H,19,22). The van der Waals surface area contributed by atoms with E-state index >= 15 is 0 Å². The number of benzene rings is 1. The third kappa shape index (κ3) is 5.45. The van der Waals surface area contributed by atoms with Crippen LogP contribution in [0.1, 0.15) is 16.5 Å². The Bertz CT molecular complexity index is 646. The molecule has 0 spiro atoms. The number of amides is 2. The summed E-state index contributed by atoms with van der Waals surface area (Å²) >= 11 is 1.44. The van der Waals surface area contributed by atoms with E-state index in [2.05, 4.69) is 5.32 Å². The number of hydrogen-bond donors (Lipinski definition) is 3. The molecule has 0 radical (unpaired) electrons. The number of aliphatic hydroxyl groups excluding tert-OH is 1. The molecule has 0 saturated carbocycles. The highest BCUT2D eigenvalue weighted by Crippen LogP contribution is 2.20. The summed E-state index contributed by atoms with van der Waals surface area (Å²) in [5.74, 6) is -0.655. The molecule has 6 nitrogen and oxygen atoms in total. The number of carbonyl (C=O) groups excluding carboxylic acids is 2. The summed E-state index contributed by atoms with van der Waals surface area (Å²) in [6, 6.07) is 13.2. The highest BCUT2D eigenvalue weighted by Gasteiger charge is 2.20. The molecule has 0 fully saturated rings. The molecule has 0 aliphatic heterocycles. The lowest BCUT2D eigenvalue weighted by Gasteiger charge is -2.25. The highest BCUT2D eigenvalue weighted by molar-refractivity contribution is 7.10. The lowest BCUT2D eigenvalue weighted by Crippen LogP contribution is -2.43. The van der Waals surface area contributed by atoms with Crippen molar-refractivity contribution in [1.82, 2.24) is 10.2 Å². The number of nitrogens with two attached hydrogens (primary N) is 1. The average molecular weight is 347 g/mol. The summed E-state index contributed by atoms with van der Waals surface area (Å²) < 4.78 is 0. The summed E-state index contributed by atoms with van der Waals surface area (Å²) in [6.45, 7) is 0.219. The lowest BCUT2D eigenvalue weighted by atomic mass is 10.2. The molecule has 1 heterocycles. The Balaban J connectivity index is 2.05. The predicted octanol–water partition coefficient (Wildman–Crippen LogP) is 0.885. The van der Waals surface area contributed by atoms with E-state index in [9.17, 15) is 14.7 Å². The quantitative estimate of drug-likeness (QED) is 0.661. The van der Waals surface area contributed by atoms with Crippen LogP contribution < -0.4 is 11.1 Å². The largest absolute Gasteiger partial charge is 0.386 e. The van der Waals surface area contributed by atoms with Crippen LogP contribution in [0.3, 0.4) is 0 Å². The summed E-state index contributed by atoms with van der Waals surface area (Å²) in [5, 5.41) is 14.7. The zero-order valence-electron chi connectivity index (χ0n) is 13.2. The van der Waals surface area contributed by atoms with E-state index in [1.807, 2.05) is 47.8 Å². The lowest BCUT2D eigenvalue weighted by molar-refractivity contribution is -0.134. The molecule has 4 N–H and O–H groups in total. The van der Waals surface area contributed by atoms with Crippen molar-refractivity contribution in [3.8, 4) is 0 Å². The molecule has 7 heteroatoms. The molecular weight excluding hydrogens is 326 g/mol. The maximum Gasteiger partial charge on any atom is 0.242 e. The van der Waals surface area contributed by atoms with Crippen LogP contribution in [0.15, 0.2) is 47.8 Å². The van der Waals surface area contributed by atoms with Gasteiger partial charge in [0.15, 0.2) is 0 Å². The Morgan fingerprint density at radius 3 is 2.58 bits per heavy atom. The fourth-order valence-corrected chi connectivity index (χ4v) is 2.90. The number of hydrogen-bond acceptors (Lipinski definition) is 5. The second-order valence-electron chi connectivity index (χ2n) is 5.27. The number of rotatable bonds is 8. The van der Waals surface area contributed by atoms with Crippen LogP contribution in [0.5, 0.6) is 0 Å². The molecule has 0 aliphatic rings. The molecule has 2 amide bonds. The molecule has 2 rings (SSSR count). The van der Waals surface area contributed by atoms with Gasteiger partial charge < -0.3 is 21.1 Å². The van der Waals surface area contributed by atoms with Gasteiger partial charge in [0, 0.05) is 11.4 Å². The minimum absolute atomic E-state index is 0.139. The Morgan fingerprint density at radius 1 is 1.21 bits per heavy atom. The molecular formula is C17H21N3O3S. The fraction of sp³-hybridized carbons (Fsp3) is 0.294. The van der Waals surface area contributed by atoms with Gasteiger partial charge >= 0.3 is 0 Å². The number of aliphatic hydroxyl groups is 1. The van der Waals surface area contributed by atoms with E-state index in [0.29, 0.717) is 6.54 Å². The third-order valence-electron chi connectivity index (χ3n) is 3.46. The minimum Gasteiger partial charge on any atom is -0.386 e. The van der Waals surface area contributed by atoms with Crippen LogP contribution in [0.4, 0.5) is 0 Å². The number of nitrogens with zero attached hydrogens (tertiary/aromatic N) is 1. The van der Waals surface area contributed by atoms with Crippen molar-refractivity contribution in [2.45, 2.75) is 12.6 Å². The first-order valence-electron chi connectivity index (χ1n) is 7.60. The van der Waals surface area contributed by atoms with Gasteiger partial charge in [-0.05, 0) is 17.0 Å². The van der Waals surface area contributed by atoms with Crippen molar-refractivity contribution in [2.24, 2.45) is 5.73 Å². The van der Waals surface area contributed by atoms with E-state index in [1.165, 1.54) is 16.2 Å². The normalized spacial score (nSPS) is 11.8. The van der Waals surface area contributed by atoms with Crippen LogP contribution in [-0.4, -0.2) is 41.5 Å². The van der Waals surface area contributed by atoms with E-state index in [0.717, 1.165) is 10.4 Å². The fourth-order valence-electron chi connectivity index (χ4n) is 2.20. The monoisotopic (exact) mass is 347 g/mol. The van der Waals surface area contributed by atoms with Crippen molar-refractivity contribution in [1.29, 1.82) is 0 Å². The van der Waals surface area contributed by atoms with Gasteiger partial charge in [0.05, 0.1) is 19.6 Å². The van der Waals surface area contributed by atoms with E-state index in [4.69, 9.17) is 5.73 Å². The first kappa shape index (κ1) is 18.1. The maximum absolute atomic E-state index is 12.4. The van der Waals surface area contributed by atoms with Crippen molar-refractivity contribution >= 4 is 23.2 Å². The van der Waals surface area contributed by atoms with Crippen molar-refractivity contribution in [3.05, 3.63) is 58.3 Å². The van der Waals surface area contributed by atoms with E-state index < -0.39 is 6.10 Å². The van der Waals surface area contributed by atoms with E-state index in [1.54, 1.807) is 0 Å². The van der Waals surface area contributed by atoms with Crippen LogP contribution >= 0.6 is 11.3 Å². The number of thiophene rings is 1. The second kappa shape index (κ2) is 9.17. The summed E-state index contributed by atoms with van der Waals surface area (Å²) in [7, 11) is 0. The predicted molar refractivity (Wildman–Crippen MR) is 93.2 cm³/mol.